The number of nitrogens with one attached hydrogen (secondary N) is 1. The highest BCUT2D eigenvalue weighted by atomic mass is 127. The monoisotopic (exact) mass is 469 g/mol. The summed E-state index contributed by atoms with van der Waals surface area (Å²) in [6, 6.07) is 12.7. The first-order valence-corrected chi connectivity index (χ1v) is 9.91. The zero-order valence-electron chi connectivity index (χ0n) is 16.0. The van der Waals surface area contributed by atoms with E-state index in [9.17, 15) is 0 Å². The highest BCUT2D eigenvalue weighted by Crippen LogP contribution is 2.23. The summed E-state index contributed by atoms with van der Waals surface area (Å²) in [5, 5.41) is 3.61. The van der Waals surface area contributed by atoms with Crippen molar-refractivity contribution in [3.63, 3.8) is 0 Å². The van der Waals surface area contributed by atoms with Gasteiger partial charge in [0.25, 0.3) is 0 Å². The molecule has 1 atom stereocenters. The minimum Gasteiger partial charge on any atom is -0.497 e. The minimum atomic E-state index is 0.449. The fourth-order valence-electron chi connectivity index (χ4n) is 2.82. The van der Waals surface area contributed by atoms with Crippen molar-refractivity contribution in [2.45, 2.75) is 32.2 Å². The molecule has 1 unspecified atom stereocenters. The van der Waals surface area contributed by atoms with Gasteiger partial charge in [-0.05, 0) is 96.8 Å². The first kappa shape index (κ1) is 20.8. The maximum absolute atomic E-state index is 5.33. The van der Waals surface area contributed by atoms with Crippen LogP contribution in [0.1, 0.15) is 24.5 Å². The van der Waals surface area contributed by atoms with Gasteiger partial charge in [-0.3, -0.25) is 0 Å². The molecule has 0 aliphatic heterocycles. The second-order valence-corrected chi connectivity index (χ2v) is 7.48. The number of hydrogen-bond donors (Lipinski definition) is 1. The lowest BCUT2D eigenvalue weighted by Gasteiger charge is -2.15. The number of hydrogen-bond acceptors (Lipinski definition) is 4. The molecule has 0 aromatic heterocycles. The molecule has 0 saturated heterocycles. The van der Waals surface area contributed by atoms with Crippen LogP contribution >= 0.6 is 22.6 Å². The third-order valence-electron chi connectivity index (χ3n) is 4.42. The van der Waals surface area contributed by atoms with Crippen molar-refractivity contribution in [3.8, 4) is 17.2 Å². The molecule has 4 nitrogen and oxygen atoms in total. The SMILES string of the molecule is COc1cc(CCNC(C)CCc2cc(OC)ccc2I)cc(OC)c1. The number of halogens is 1. The molecule has 2 aromatic rings. The van der Waals surface area contributed by atoms with Crippen molar-refractivity contribution in [1.29, 1.82) is 0 Å². The van der Waals surface area contributed by atoms with Gasteiger partial charge in [0.05, 0.1) is 21.3 Å². The van der Waals surface area contributed by atoms with Crippen molar-refractivity contribution in [2.75, 3.05) is 27.9 Å². The van der Waals surface area contributed by atoms with Gasteiger partial charge in [0, 0.05) is 15.7 Å². The first-order valence-electron chi connectivity index (χ1n) is 8.83. The number of methoxy groups -OCH3 is 3. The van der Waals surface area contributed by atoms with Gasteiger partial charge in [-0.25, -0.2) is 0 Å². The van der Waals surface area contributed by atoms with E-state index in [0.29, 0.717) is 6.04 Å². The maximum atomic E-state index is 5.33. The third kappa shape index (κ3) is 6.36. The standard InChI is InChI=1S/C21H28INO3/c1-15(5-6-17-13-18(24-2)7-8-21(17)22)23-10-9-16-11-19(25-3)14-20(12-16)26-4/h7-8,11-15,23H,5-6,9-10H2,1-4H3. The molecule has 0 aliphatic rings. The van der Waals surface area contributed by atoms with E-state index in [1.165, 1.54) is 14.7 Å². The number of ether oxygens (including phenoxy) is 3. The molecule has 142 valence electrons. The molecule has 26 heavy (non-hydrogen) atoms. The molecule has 1 N–H and O–H groups in total. The predicted octanol–water partition coefficient (Wildman–Crippen LogP) is 4.47. The molecule has 2 rings (SSSR count). The predicted molar refractivity (Wildman–Crippen MR) is 115 cm³/mol. The summed E-state index contributed by atoms with van der Waals surface area (Å²) >= 11 is 2.39. The van der Waals surface area contributed by atoms with Crippen LogP contribution in [-0.4, -0.2) is 33.9 Å². The summed E-state index contributed by atoms with van der Waals surface area (Å²) in [5.74, 6) is 2.59. The zero-order valence-corrected chi connectivity index (χ0v) is 18.1. The van der Waals surface area contributed by atoms with Crippen LogP contribution in [0.2, 0.25) is 0 Å². The maximum Gasteiger partial charge on any atom is 0.122 e. The Bertz CT molecular complexity index is 683. The molecule has 0 spiro atoms. The van der Waals surface area contributed by atoms with Crippen LogP contribution in [0.25, 0.3) is 0 Å². The lowest BCUT2D eigenvalue weighted by atomic mass is 10.1. The van der Waals surface area contributed by atoms with Crippen LogP contribution in [-0.2, 0) is 12.8 Å². The summed E-state index contributed by atoms with van der Waals surface area (Å²) in [7, 11) is 5.07. The fraction of sp³-hybridized carbons (Fsp3) is 0.429. The Morgan fingerprint density at radius 2 is 1.54 bits per heavy atom. The lowest BCUT2D eigenvalue weighted by Crippen LogP contribution is -2.28. The molecule has 0 bridgehead atoms. The lowest BCUT2D eigenvalue weighted by molar-refractivity contribution is 0.393. The highest BCUT2D eigenvalue weighted by Gasteiger charge is 2.07. The first-order chi connectivity index (χ1) is 12.5. The molecule has 5 heteroatoms. The van der Waals surface area contributed by atoms with Crippen LogP contribution in [0.4, 0.5) is 0 Å². The Morgan fingerprint density at radius 3 is 2.15 bits per heavy atom. The Labute approximate surface area is 170 Å². The van der Waals surface area contributed by atoms with E-state index in [-0.39, 0.29) is 0 Å². The van der Waals surface area contributed by atoms with Gasteiger partial charge in [-0.1, -0.05) is 0 Å². The average molecular weight is 469 g/mol. The van der Waals surface area contributed by atoms with Gasteiger partial charge in [-0.2, -0.15) is 0 Å². The van der Waals surface area contributed by atoms with Gasteiger partial charge in [0.15, 0.2) is 0 Å². The topological polar surface area (TPSA) is 39.7 Å². The summed E-state index contributed by atoms with van der Waals surface area (Å²) < 4.78 is 17.3. The van der Waals surface area contributed by atoms with Gasteiger partial charge in [0.1, 0.15) is 17.2 Å². The van der Waals surface area contributed by atoms with Gasteiger partial charge >= 0.3 is 0 Å². The molecular formula is C21H28INO3. The fourth-order valence-corrected chi connectivity index (χ4v) is 3.42. The normalized spacial score (nSPS) is 11.9. The number of rotatable bonds is 10. The van der Waals surface area contributed by atoms with E-state index in [4.69, 9.17) is 14.2 Å². The summed E-state index contributed by atoms with van der Waals surface area (Å²) in [6.45, 7) is 3.16. The number of benzene rings is 2. The molecule has 0 heterocycles. The van der Waals surface area contributed by atoms with E-state index in [2.05, 4.69) is 59.1 Å². The largest absolute Gasteiger partial charge is 0.497 e. The van der Waals surface area contributed by atoms with E-state index >= 15 is 0 Å². The van der Waals surface area contributed by atoms with Crippen LogP contribution in [0.5, 0.6) is 17.2 Å². The Balaban J connectivity index is 1.81. The van der Waals surface area contributed by atoms with E-state index in [0.717, 1.165) is 43.1 Å². The quantitative estimate of drug-likeness (QED) is 0.522. The van der Waals surface area contributed by atoms with Crippen LogP contribution in [0, 0.1) is 3.57 Å². The van der Waals surface area contributed by atoms with Gasteiger partial charge in [-0.15, -0.1) is 0 Å². The summed E-state index contributed by atoms with van der Waals surface area (Å²) in [6.07, 6.45) is 3.07. The smallest absolute Gasteiger partial charge is 0.122 e. The molecule has 2 aromatic carbocycles. The van der Waals surface area contributed by atoms with Gasteiger partial charge < -0.3 is 19.5 Å². The Hall–Kier alpha value is -1.47. The van der Waals surface area contributed by atoms with Crippen molar-refractivity contribution in [1.82, 2.24) is 5.32 Å². The van der Waals surface area contributed by atoms with Crippen molar-refractivity contribution in [2.24, 2.45) is 0 Å². The Morgan fingerprint density at radius 1 is 0.885 bits per heavy atom. The molecule has 0 aliphatic carbocycles. The van der Waals surface area contributed by atoms with E-state index in [1.54, 1.807) is 21.3 Å². The number of aryl methyl sites for hydroxylation is 1. The second-order valence-electron chi connectivity index (χ2n) is 6.32. The molecule has 0 radical (unpaired) electrons. The van der Waals surface area contributed by atoms with E-state index < -0.39 is 0 Å². The van der Waals surface area contributed by atoms with Gasteiger partial charge in [0.2, 0.25) is 0 Å². The van der Waals surface area contributed by atoms with E-state index in [1.807, 2.05) is 12.1 Å². The molecule has 0 saturated carbocycles. The zero-order chi connectivity index (χ0) is 18.9. The molecule has 0 amide bonds. The summed E-state index contributed by atoms with van der Waals surface area (Å²) in [4.78, 5) is 0. The second kappa shape index (κ2) is 10.6. The third-order valence-corrected chi connectivity index (χ3v) is 5.47. The van der Waals surface area contributed by atoms with Crippen molar-refractivity contribution in [3.05, 3.63) is 51.1 Å². The Kier molecular flexibility index (Phi) is 8.51. The van der Waals surface area contributed by atoms with Crippen LogP contribution in [0.3, 0.4) is 0 Å². The van der Waals surface area contributed by atoms with Crippen LogP contribution < -0.4 is 19.5 Å². The average Bonchev–Trinajstić information content (AvgIpc) is 2.67. The summed E-state index contributed by atoms with van der Waals surface area (Å²) in [5.41, 5.74) is 2.55. The van der Waals surface area contributed by atoms with Crippen molar-refractivity contribution >= 4 is 22.6 Å². The highest BCUT2D eigenvalue weighted by molar-refractivity contribution is 14.1. The van der Waals surface area contributed by atoms with Crippen LogP contribution in [0.15, 0.2) is 36.4 Å². The van der Waals surface area contributed by atoms with Crippen molar-refractivity contribution < 1.29 is 14.2 Å². The minimum absolute atomic E-state index is 0.449. The molecule has 0 fully saturated rings. The molecular weight excluding hydrogens is 441 g/mol.